The normalized spacial score (nSPS) is 12.2. The lowest BCUT2D eigenvalue weighted by Gasteiger charge is -2.16. The van der Waals surface area contributed by atoms with Crippen molar-refractivity contribution in [2.75, 3.05) is 7.11 Å². The van der Waals surface area contributed by atoms with Gasteiger partial charge in [0.1, 0.15) is 10.6 Å². The van der Waals surface area contributed by atoms with Gasteiger partial charge in [0.15, 0.2) is 0 Å². The van der Waals surface area contributed by atoms with Crippen molar-refractivity contribution >= 4 is 31.9 Å². The zero-order valence-corrected chi connectivity index (χ0v) is 19.5. The molecule has 6 nitrogen and oxygen atoms in total. The highest BCUT2D eigenvalue weighted by Gasteiger charge is 2.22. The van der Waals surface area contributed by atoms with E-state index in [1.165, 1.54) is 25.3 Å². The molecule has 0 bridgehead atoms. The molecular formula is C23H23BrN2O4S. The summed E-state index contributed by atoms with van der Waals surface area (Å²) in [5.41, 5.74) is 1.97. The van der Waals surface area contributed by atoms with Crippen molar-refractivity contribution in [3.63, 3.8) is 0 Å². The van der Waals surface area contributed by atoms with E-state index in [9.17, 15) is 13.2 Å². The van der Waals surface area contributed by atoms with Gasteiger partial charge in [0, 0.05) is 16.6 Å². The van der Waals surface area contributed by atoms with Crippen molar-refractivity contribution in [3.8, 4) is 5.75 Å². The van der Waals surface area contributed by atoms with Gasteiger partial charge in [-0.15, -0.1) is 0 Å². The van der Waals surface area contributed by atoms with Crippen molar-refractivity contribution < 1.29 is 17.9 Å². The molecule has 0 radical (unpaired) electrons. The van der Waals surface area contributed by atoms with Crippen LogP contribution in [0.3, 0.4) is 0 Å². The van der Waals surface area contributed by atoms with Gasteiger partial charge in [-0.05, 0) is 48.4 Å². The molecule has 0 unspecified atom stereocenters. The summed E-state index contributed by atoms with van der Waals surface area (Å²) in [4.78, 5) is 12.7. The molecule has 0 saturated carbocycles. The molecule has 1 amide bonds. The number of methoxy groups -OCH3 is 1. The lowest BCUT2D eigenvalue weighted by atomic mass is 10.1. The molecule has 1 atom stereocenters. The minimum atomic E-state index is -3.90. The predicted octanol–water partition coefficient (Wildman–Crippen LogP) is 4.43. The first-order valence-corrected chi connectivity index (χ1v) is 11.9. The van der Waals surface area contributed by atoms with Gasteiger partial charge in [-0.3, -0.25) is 4.79 Å². The van der Waals surface area contributed by atoms with E-state index in [0.29, 0.717) is 0 Å². The number of amides is 1. The van der Waals surface area contributed by atoms with Crippen molar-refractivity contribution in [1.82, 2.24) is 10.0 Å². The van der Waals surface area contributed by atoms with E-state index in [4.69, 9.17) is 4.74 Å². The van der Waals surface area contributed by atoms with Crippen LogP contribution < -0.4 is 14.8 Å². The second kappa shape index (κ2) is 10.1. The maximum Gasteiger partial charge on any atom is 0.251 e. The highest BCUT2D eigenvalue weighted by atomic mass is 79.9. The van der Waals surface area contributed by atoms with Crippen LogP contribution in [0.4, 0.5) is 0 Å². The van der Waals surface area contributed by atoms with Gasteiger partial charge < -0.3 is 10.1 Å². The smallest absolute Gasteiger partial charge is 0.251 e. The highest BCUT2D eigenvalue weighted by Crippen LogP contribution is 2.26. The lowest BCUT2D eigenvalue weighted by Crippen LogP contribution is -2.28. The van der Waals surface area contributed by atoms with Gasteiger partial charge in [-0.1, -0.05) is 58.4 Å². The first kappa shape index (κ1) is 23.0. The fourth-order valence-electron chi connectivity index (χ4n) is 3.02. The Balaban J connectivity index is 1.81. The topological polar surface area (TPSA) is 84.5 Å². The van der Waals surface area contributed by atoms with Crippen LogP contribution in [-0.4, -0.2) is 21.4 Å². The van der Waals surface area contributed by atoms with Crippen molar-refractivity contribution in [3.05, 3.63) is 94.0 Å². The van der Waals surface area contributed by atoms with Crippen LogP contribution in [0.5, 0.6) is 5.75 Å². The van der Waals surface area contributed by atoms with Gasteiger partial charge in [-0.25, -0.2) is 13.1 Å². The van der Waals surface area contributed by atoms with Gasteiger partial charge >= 0.3 is 0 Å². The third-order valence-corrected chi connectivity index (χ3v) is 6.64. The van der Waals surface area contributed by atoms with E-state index in [1.54, 1.807) is 0 Å². The van der Waals surface area contributed by atoms with E-state index in [2.05, 4.69) is 26.0 Å². The zero-order chi connectivity index (χ0) is 22.4. The Morgan fingerprint density at radius 3 is 2.45 bits per heavy atom. The number of carbonyl (C=O) groups is 1. The molecule has 0 saturated heterocycles. The van der Waals surface area contributed by atoms with Crippen LogP contribution in [0.1, 0.15) is 34.5 Å². The minimum absolute atomic E-state index is 0.0892. The van der Waals surface area contributed by atoms with Crippen LogP contribution in [-0.2, 0) is 16.6 Å². The standard InChI is InChI=1S/C23H23BrN2O4S/c1-16(18-9-6-10-20(24)13-18)26-23(27)19-11-12-21(30-2)22(14-19)31(28,29)25-15-17-7-4-3-5-8-17/h3-14,16,25H,15H2,1-2H3,(H,26,27)/t16-/m0/s1. The molecule has 0 aliphatic rings. The first-order valence-electron chi connectivity index (χ1n) is 9.58. The molecule has 0 aliphatic carbocycles. The fourth-order valence-corrected chi connectivity index (χ4v) is 4.65. The Morgan fingerprint density at radius 2 is 1.77 bits per heavy atom. The van der Waals surface area contributed by atoms with Crippen LogP contribution in [0.15, 0.2) is 82.2 Å². The number of carbonyl (C=O) groups excluding carboxylic acids is 1. The molecule has 0 spiro atoms. The second-order valence-electron chi connectivity index (χ2n) is 6.93. The number of sulfonamides is 1. The van der Waals surface area contributed by atoms with E-state index < -0.39 is 10.0 Å². The molecule has 3 rings (SSSR count). The van der Waals surface area contributed by atoms with E-state index >= 15 is 0 Å². The summed E-state index contributed by atoms with van der Waals surface area (Å²) in [7, 11) is -2.52. The Labute approximate surface area is 190 Å². The molecule has 2 N–H and O–H groups in total. The Hall–Kier alpha value is -2.68. The number of rotatable bonds is 8. The molecule has 3 aromatic carbocycles. The molecule has 0 aliphatic heterocycles. The molecular weight excluding hydrogens is 480 g/mol. The average Bonchev–Trinajstić information content (AvgIpc) is 2.78. The van der Waals surface area contributed by atoms with Crippen LogP contribution >= 0.6 is 15.9 Å². The number of nitrogens with one attached hydrogen (secondary N) is 2. The minimum Gasteiger partial charge on any atom is -0.495 e. The van der Waals surface area contributed by atoms with Crippen LogP contribution in [0.2, 0.25) is 0 Å². The number of ether oxygens (including phenoxy) is 1. The quantitative estimate of drug-likeness (QED) is 0.477. The Morgan fingerprint density at radius 1 is 1.03 bits per heavy atom. The molecule has 162 valence electrons. The molecule has 0 heterocycles. The van der Waals surface area contributed by atoms with E-state index in [1.807, 2.05) is 61.5 Å². The summed E-state index contributed by atoms with van der Waals surface area (Å²) in [6, 6.07) is 20.9. The largest absolute Gasteiger partial charge is 0.495 e. The first-order chi connectivity index (χ1) is 14.8. The number of halogens is 1. The molecule has 8 heteroatoms. The summed E-state index contributed by atoms with van der Waals surface area (Å²) >= 11 is 3.42. The Bertz CT molecular complexity index is 1170. The van der Waals surface area contributed by atoms with Crippen LogP contribution in [0.25, 0.3) is 0 Å². The maximum absolute atomic E-state index is 12.9. The number of benzene rings is 3. The van der Waals surface area contributed by atoms with Crippen molar-refractivity contribution in [1.29, 1.82) is 0 Å². The average molecular weight is 503 g/mol. The lowest BCUT2D eigenvalue weighted by molar-refractivity contribution is 0.0939. The van der Waals surface area contributed by atoms with Crippen LogP contribution in [0, 0.1) is 0 Å². The summed E-state index contributed by atoms with van der Waals surface area (Å²) < 4.78 is 34.5. The van der Waals surface area contributed by atoms with Gasteiger partial charge in [0.2, 0.25) is 10.0 Å². The van der Waals surface area contributed by atoms with Crippen molar-refractivity contribution in [2.24, 2.45) is 0 Å². The highest BCUT2D eigenvalue weighted by molar-refractivity contribution is 9.10. The van der Waals surface area contributed by atoms with E-state index in [0.717, 1.165) is 15.6 Å². The van der Waals surface area contributed by atoms with Gasteiger partial charge in [0.25, 0.3) is 5.91 Å². The summed E-state index contributed by atoms with van der Waals surface area (Å²) in [5, 5.41) is 2.90. The summed E-state index contributed by atoms with van der Waals surface area (Å²) in [6.45, 7) is 1.99. The molecule has 0 aromatic heterocycles. The third-order valence-electron chi connectivity index (χ3n) is 4.72. The van der Waals surface area contributed by atoms with E-state index in [-0.39, 0.29) is 34.7 Å². The molecule has 0 fully saturated rings. The summed E-state index contributed by atoms with van der Waals surface area (Å²) in [6.07, 6.45) is 0. The summed E-state index contributed by atoms with van der Waals surface area (Å²) in [5.74, 6) is -0.216. The number of hydrogen-bond acceptors (Lipinski definition) is 4. The fraction of sp³-hybridized carbons (Fsp3) is 0.174. The Kier molecular flexibility index (Phi) is 7.48. The van der Waals surface area contributed by atoms with Gasteiger partial charge in [-0.2, -0.15) is 0 Å². The third kappa shape index (κ3) is 5.94. The maximum atomic E-state index is 12.9. The zero-order valence-electron chi connectivity index (χ0n) is 17.1. The molecule has 3 aromatic rings. The van der Waals surface area contributed by atoms with Gasteiger partial charge in [0.05, 0.1) is 13.2 Å². The predicted molar refractivity (Wildman–Crippen MR) is 123 cm³/mol. The van der Waals surface area contributed by atoms with Crippen molar-refractivity contribution in [2.45, 2.75) is 24.4 Å². The SMILES string of the molecule is COc1ccc(C(=O)N[C@@H](C)c2cccc(Br)c2)cc1S(=O)(=O)NCc1ccccc1. The molecule has 31 heavy (non-hydrogen) atoms. The number of hydrogen-bond donors (Lipinski definition) is 2. The monoisotopic (exact) mass is 502 g/mol. The second-order valence-corrected chi connectivity index (χ2v) is 9.58.